The van der Waals surface area contributed by atoms with E-state index in [-0.39, 0.29) is 0 Å². The summed E-state index contributed by atoms with van der Waals surface area (Å²) in [6.45, 7) is 0. The van der Waals surface area contributed by atoms with Crippen molar-refractivity contribution in [2.75, 3.05) is 6.26 Å². The number of benzene rings is 2. The Morgan fingerprint density at radius 3 is 2.39 bits per heavy atom. The summed E-state index contributed by atoms with van der Waals surface area (Å²) in [7, 11) is 0. The Morgan fingerprint density at radius 2 is 1.72 bits per heavy atom. The molecule has 2 aromatic carbocycles. The van der Waals surface area contributed by atoms with E-state index in [4.69, 9.17) is 0 Å². The van der Waals surface area contributed by atoms with Crippen LogP contribution in [0.2, 0.25) is 0 Å². The van der Waals surface area contributed by atoms with Crippen LogP contribution < -0.4 is 0 Å². The van der Waals surface area contributed by atoms with E-state index in [9.17, 15) is 5.26 Å². The average molecular weight is 251 g/mol. The molecule has 0 fully saturated rings. The normalized spacial score (nSPS) is 10.7. The molecule has 3 aromatic rings. The van der Waals surface area contributed by atoms with Gasteiger partial charge in [-0.05, 0) is 6.26 Å². The van der Waals surface area contributed by atoms with Crippen LogP contribution in [0.1, 0.15) is 5.56 Å². The number of nitriles is 1. The van der Waals surface area contributed by atoms with Gasteiger partial charge < -0.3 is 0 Å². The highest BCUT2D eigenvalue weighted by Gasteiger charge is 2.14. The third kappa shape index (κ3) is 1.45. The third-order valence-electron chi connectivity index (χ3n) is 2.91. The number of hydrogen-bond acceptors (Lipinski definition) is 4. The minimum Gasteiger partial charge on any atom is -0.252 e. The van der Waals surface area contributed by atoms with Gasteiger partial charge in [-0.15, -0.1) is 11.8 Å². The van der Waals surface area contributed by atoms with Crippen LogP contribution in [0.3, 0.4) is 0 Å². The molecule has 0 saturated heterocycles. The summed E-state index contributed by atoms with van der Waals surface area (Å²) >= 11 is 1.54. The fourth-order valence-electron chi connectivity index (χ4n) is 2.16. The molecule has 0 N–H and O–H groups in total. The van der Waals surface area contributed by atoms with E-state index < -0.39 is 0 Å². The van der Waals surface area contributed by atoms with E-state index in [1.165, 1.54) is 11.8 Å². The van der Waals surface area contributed by atoms with Crippen molar-refractivity contribution in [3.63, 3.8) is 0 Å². The molecule has 0 aliphatic heterocycles. The molecule has 0 amide bonds. The summed E-state index contributed by atoms with van der Waals surface area (Å²) < 4.78 is 0. The first kappa shape index (κ1) is 11.0. The topological polar surface area (TPSA) is 49.6 Å². The maximum atomic E-state index is 9.40. The zero-order valence-corrected chi connectivity index (χ0v) is 10.5. The Balaban J connectivity index is 2.67. The second kappa shape index (κ2) is 4.28. The SMILES string of the molecule is CSc1c(C#N)c2ccccc2c2nccnc12. The van der Waals surface area contributed by atoms with E-state index in [1.54, 1.807) is 12.4 Å². The average Bonchev–Trinajstić information content (AvgIpc) is 2.45. The van der Waals surface area contributed by atoms with Gasteiger partial charge in [0.1, 0.15) is 11.6 Å². The lowest BCUT2D eigenvalue weighted by Crippen LogP contribution is -1.92. The van der Waals surface area contributed by atoms with Crippen molar-refractivity contribution >= 4 is 33.6 Å². The van der Waals surface area contributed by atoms with Crippen molar-refractivity contribution in [2.45, 2.75) is 4.90 Å². The largest absolute Gasteiger partial charge is 0.252 e. The molecule has 86 valence electrons. The summed E-state index contributed by atoms with van der Waals surface area (Å²) in [5.74, 6) is 0. The van der Waals surface area contributed by atoms with Crippen LogP contribution in [0.4, 0.5) is 0 Å². The quantitative estimate of drug-likeness (QED) is 0.491. The van der Waals surface area contributed by atoms with Crippen LogP contribution in [0.15, 0.2) is 41.6 Å². The minimum absolute atomic E-state index is 0.686. The molecule has 3 rings (SSSR count). The number of thioether (sulfide) groups is 1. The summed E-state index contributed by atoms with van der Waals surface area (Å²) in [6.07, 6.45) is 5.31. The van der Waals surface area contributed by atoms with E-state index in [0.717, 1.165) is 26.7 Å². The molecule has 0 spiro atoms. The molecule has 0 aliphatic carbocycles. The molecule has 0 saturated carbocycles. The number of hydrogen-bond donors (Lipinski definition) is 0. The van der Waals surface area contributed by atoms with Gasteiger partial charge in [-0.2, -0.15) is 5.26 Å². The lowest BCUT2D eigenvalue weighted by atomic mass is 10.0. The smallest absolute Gasteiger partial charge is 0.104 e. The van der Waals surface area contributed by atoms with Crippen LogP contribution >= 0.6 is 11.8 Å². The Hall–Kier alpha value is -2.12. The van der Waals surface area contributed by atoms with Crippen LogP contribution in [-0.4, -0.2) is 16.2 Å². The lowest BCUT2D eigenvalue weighted by molar-refractivity contribution is 1.26. The van der Waals surface area contributed by atoms with Crippen molar-refractivity contribution in [1.82, 2.24) is 9.97 Å². The van der Waals surface area contributed by atoms with E-state index in [2.05, 4.69) is 16.0 Å². The maximum absolute atomic E-state index is 9.40. The zero-order chi connectivity index (χ0) is 12.5. The van der Waals surface area contributed by atoms with Crippen molar-refractivity contribution < 1.29 is 0 Å². The molecule has 0 unspecified atom stereocenters. The first-order valence-electron chi connectivity index (χ1n) is 5.46. The highest BCUT2D eigenvalue weighted by atomic mass is 32.2. The minimum atomic E-state index is 0.686. The van der Waals surface area contributed by atoms with Crippen molar-refractivity contribution in [3.8, 4) is 6.07 Å². The number of aromatic nitrogens is 2. The Labute approximate surface area is 108 Å². The monoisotopic (exact) mass is 251 g/mol. The maximum Gasteiger partial charge on any atom is 0.104 e. The zero-order valence-electron chi connectivity index (χ0n) is 9.71. The number of rotatable bonds is 1. The van der Waals surface area contributed by atoms with Gasteiger partial charge in [-0.25, -0.2) is 0 Å². The van der Waals surface area contributed by atoms with Crippen LogP contribution in [-0.2, 0) is 0 Å². The van der Waals surface area contributed by atoms with Crippen LogP contribution in [0.5, 0.6) is 0 Å². The summed E-state index contributed by atoms with van der Waals surface area (Å²) in [4.78, 5) is 9.69. The van der Waals surface area contributed by atoms with E-state index in [0.29, 0.717) is 5.56 Å². The predicted octanol–water partition coefficient (Wildman–Crippen LogP) is 3.38. The summed E-state index contributed by atoms with van der Waals surface area (Å²) in [6, 6.07) is 10.1. The molecular formula is C14H9N3S. The molecular weight excluding hydrogens is 242 g/mol. The van der Waals surface area contributed by atoms with Crippen molar-refractivity contribution in [1.29, 1.82) is 5.26 Å². The van der Waals surface area contributed by atoms with E-state index in [1.807, 2.05) is 30.5 Å². The predicted molar refractivity (Wildman–Crippen MR) is 73.5 cm³/mol. The highest BCUT2D eigenvalue weighted by molar-refractivity contribution is 7.98. The van der Waals surface area contributed by atoms with Gasteiger partial charge in [0, 0.05) is 23.2 Å². The molecule has 18 heavy (non-hydrogen) atoms. The molecule has 3 nitrogen and oxygen atoms in total. The first-order chi connectivity index (χ1) is 8.86. The third-order valence-corrected chi connectivity index (χ3v) is 3.71. The molecule has 0 radical (unpaired) electrons. The molecule has 1 heterocycles. The molecule has 0 atom stereocenters. The molecule has 0 aliphatic rings. The highest BCUT2D eigenvalue weighted by Crippen LogP contribution is 2.34. The second-order valence-corrected chi connectivity index (χ2v) is 4.64. The van der Waals surface area contributed by atoms with Crippen LogP contribution in [0, 0.1) is 11.3 Å². The van der Waals surface area contributed by atoms with Gasteiger partial charge in [0.15, 0.2) is 0 Å². The fourth-order valence-corrected chi connectivity index (χ4v) is 2.86. The Bertz CT molecular complexity index is 790. The molecule has 1 aromatic heterocycles. The van der Waals surface area contributed by atoms with Gasteiger partial charge in [0.05, 0.1) is 16.0 Å². The fraction of sp³-hybridized carbons (Fsp3) is 0.0714. The molecule has 0 bridgehead atoms. The van der Waals surface area contributed by atoms with Gasteiger partial charge in [-0.1, -0.05) is 24.3 Å². The Kier molecular flexibility index (Phi) is 2.62. The Morgan fingerprint density at radius 1 is 1.06 bits per heavy atom. The summed E-state index contributed by atoms with van der Waals surface area (Å²) in [5.41, 5.74) is 2.35. The lowest BCUT2D eigenvalue weighted by Gasteiger charge is -2.09. The standard InChI is InChI=1S/C14H9N3S/c1-18-14-11(8-15)9-4-2-3-5-10(9)12-13(14)17-7-6-16-12/h2-7H,1H3. The molecule has 4 heteroatoms. The van der Waals surface area contributed by atoms with Gasteiger partial charge in [0.25, 0.3) is 0 Å². The van der Waals surface area contributed by atoms with Gasteiger partial charge >= 0.3 is 0 Å². The van der Waals surface area contributed by atoms with Gasteiger partial charge in [-0.3, -0.25) is 9.97 Å². The van der Waals surface area contributed by atoms with Crippen LogP contribution in [0.25, 0.3) is 21.8 Å². The van der Waals surface area contributed by atoms with E-state index >= 15 is 0 Å². The van der Waals surface area contributed by atoms with Gasteiger partial charge in [0.2, 0.25) is 0 Å². The van der Waals surface area contributed by atoms with Crippen molar-refractivity contribution in [2.24, 2.45) is 0 Å². The summed E-state index contributed by atoms with van der Waals surface area (Å²) in [5, 5.41) is 11.3. The second-order valence-electron chi connectivity index (χ2n) is 3.82. The number of nitrogens with zero attached hydrogens (tertiary/aromatic N) is 3. The first-order valence-corrected chi connectivity index (χ1v) is 6.69. The van der Waals surface area contributed by atoms with Crippen molar-refractivity contribution in [3.05, 3.63) is 42.2 Å². The number of fused-ring (bicyclic) bond motifs is 3.